The number of allylic oxidation sites excluding steroid dienone is 1. The van der Waals surface area contributed by atoms with E-state index in [2.05, 4.69) is 9.71 Å². The van der Waals surface area contributed by atoms with Gasteiger partial charge in [-0.05, 0) is 18.7 Å². The second-order valence-electron chi connectivity index (χ2n) is 3.52. The van der Waals surface area contributed by atoms with Gasteiger partial charge in [0.2, 0.25) is 0 Å². The van der Waals surface area contributed by atoms with Crippen LogP contribution in [0.2, 0.25) is 0 Å². The molecule has 17 heavy (non-hydrogen) atoms. The summed E-state index contributed by atoms with van der Waals surface area (Å²) in [5.74, 6) is 0. The molecule has 90 valence electrons. The summed E-state index contributed by atoms with van der Waals surface area (Å²) in [5.41, 5.74) is 1.26. The van der Waals surface area contributed by atoms with Crippen molar-refractivity contribution in [3.05, 3.63) is 41.6 Å². The topological polar surface area (TPSA) is 58.5 Å². The zero-order valence-electron chi connectivity index (χ0n) is 9.47. The zero-order chi connectivity index (χ0) is 12.5. The summed E-state index contributed by atoms with van der Waals surface area (Å²) >= 11 is 1.27. The molecule has 1 aromatic rings. The van der Waals surface area contributed by atoms with Gasteiger partial charge in [0.15, 0.2) is 5.17 Å². The van der Waals surface area contributed by atoms with Crippen LogP contribution in [0.25, 0.3) is 4.91 Å². The number of hydrogen-bond acceptors (Lipinski definition) is 4. The van der Waals surface area contributed by atoms with E-state index in [-0.39, 0.29) is 4.91 Å². The fourth-order valence-electron chi connectivity index (χ4n) is 1.63. The fourth-order valence-corrected chi connectivity index (χ4v) is 3.71. The van der Waals surface area contributed by atoms with Gasteiger partial charge in [-0.1, -0.05) is 42.1 Å². The van der Waals surface area contributed by atoms with Crippen molar-refractivity contribution in [2.24, 2.45) is 4.40 Å². The minimum atomic E-state index is -3.60. The highest BCUT2D eigenvalue weighted by atomic mass is 32.2. The summed E-state index contributed by atoms with van der Waals surface area (Å²) in [5, 5.41) is 3.39. The fraction of sp³-hybridized carbons (Fsp3) is 0.182. The van der Waals surface area contributed by atoms with Crippen molar-refractivity contribution in [1.82, 2.24) is 5.32 Å². The molecule has 1 aliphatic heterocycles. The Morgan fingerprint density at radius 2 is 1.88 bits per heavy atom. The molecule has 6 heteroatoms. The van der Waals surface area contributed by atoms with Crippen molar-refractivity contribution in [1.29, 1.82) is 0 Å². The lowest BCUT2D eigenvalue weighted by atomic mass is 10.2. The van der Waals surface area contributed by atoms with Crippen molar-refractivity contribution < 1.29 is 8.42 Å². The van der Waals surface area contributed by atoms with Crippen LogP contribution in [-0.4, -0.2) is 19.8 Å². The van der Waals surface area contributed by atoms with Gasteiger partial charge in [0, 0.05) is 5.70 Å². The Kier molecular flexibility index (Phi) is 3.26. The van der Waals surface area contributed by atoms with E-state index in [1.165, 1.54) is 11.8 Å². The molecule has 0 saturated carbocycles. The van der Waals surface area contributed by atoms with E-state index >= 15 is 0 Å². The Morgan fingerprint density at radius 1 is 1.24 bits per heavy atom. The molecule has 0 fully saturated rings. The van der Waals surface area contributed by atoms with Gasteiger partial charge < -0.3 is 5.32 Å². The Balaban J connectivity index is 2.56. The summed E-state index contributed by atoms with van der Waals surface area (Å²) in [4.78, 5) is 0.246. The molecule has 2 rings (SSSR count). The molecule has 1 aromatic carbocycles. The van der Waals surface area contributed by atoms with E-state index in [1.54, 1.807) is 37.4 Å². The molecule has 0 radical (unpaired) electrons. The number of nitrogens with zero attached hydrogens (tertiary/aromatic N) is 1. The monoisotopic (exact) mass is 268 g/mol. The van der Waals surface area contributed by atoms with Crippen LogP contribution >= 0.6 is 11.8 Å². The van der Waals surface area contributed by atoms with Crippen LogP contribution in [0, 0.1) is 0 Å². The van der Waals surface area contributed by atoms with Crippen LogP contribution in [0.15, 0.2) is 40.4 Å². The lowest BCUT2D eigenvalue weighted by molar-refractivity contribution is 0.606. The third kappa shape index (κ3) is 2.37. The van der Waals surface area contributed by atoms with Gasteiger partial charge in [0.25, 0.3) is 10.0 Å². The van der Waals surface area contributed by atoms with Gasteiger partial charge in [-0.3, -0.25) is 0 Å². The molecule has 0 aliphatic carbocycles. The highest BCUT2D eigenvalue weighted by Crippen LogP contribution is 2.28. The maximum Gasteiger partial charge on any atom is 0.287 e. The lowest BCUT2D eigenvalue weighted by Crippen LogP contribution is -2.26. The van der Waals surface area contributed by atoms with E-state index < -0.39 is 10.0 Å². The zero-order valence-corrected chi connectivity index (χ0v) is 11.1. The van der Waals surface area contributed by atoms with Crippen molar-refractivity contribution in [3.8, 4) is 0 Å². The smallest absolute Gasteiger partial charge is 0.287 e. The van der Waals surface area contributed by atoms with Crippen molar-refractivity contribution >= 4 is 31.9 Å². The third-order valence-electron chi connectivity index (χ3n) is 2.33. The number of nitrogens with one attached hydrogen (secondary N) is 1. The van der Waals surface area contributed by atoms with Gasteiger partial charge in [0.1, 0.15) is 4.91 Å². The van der Waals surface area contributed by atoms with Gasteiger partial charge in [-0.25, -0.2) is 0 Å². The summed E-state index contributed by atoms with van der Waals surface area (Å²) in [6.45, 7) is 1.74. The second-order valence-corrected chi connectivity index (χ2v) is 5.86. The molecule has 0 spiro atoms. The predicted molar refractivity (Wildman–Crippen MR) is 72.0 cm³/mol. The summed E-state index contributed by atoms with van der Waals surface area (Å²) in [6, 6.07) is 8.98. The van der Waals surface area contributed by atoms with Crippen molar-refractivity contribution in [2.45, 2.75) is 6.92 Å². The highest BCUT2D eigenvalue weighted by molar-refractivity contribution is 8.14. The molecule has 0 aromatic heterocycles. The number of amidine groups is 1. The first-order valence-electron chi connectivity index (χ1n) is 4.97. The number of benzene rings is 1. The van der Waals surface area contributed by atoms with Crippen molar-refractivity contribution in [3.63, 3.8) is 0 Å². The first-order chi connectivity index (χ1) is 8.04. The maximum absolute atomic E-state index is 12.1. The third-order valence-corrected chi connectivity index (χ3v) is 4.50. The minimum Gasteiger partial charge on any atom is -0.337 e. The predicted octanol–water partition coefficient (Wildman–Crippen LogP) is 2.03. The lowest BCUT2D eigenvalue weighted by Gasteiger charge is -2.18. The standard InChI is InChI=1S/C11H12N2O2S2/c1-8-10(9-6-4-3-5-7-9)17(14,15)13-11(12-8)16-2/h3-7H,1-2H3,(H,12,13). The molecule has 1 N–H and O–H groups in total. The normalized spacial score (nSPS) is 18.6. The summed E-state index contributed by atoms with van der Waals surface area (Å²) in [6.07, 6.45) is 1.78. The summed E-state index contributed by atoms with van der Waals surface area (Å²) < 4.78 is 27.9. The van der Waals surface area contributed by atoms with E-state index in [0.717, 1.165) is 0 Å². The molecule has 4 nitrogen and oxygen atoms in total. The van der Waals surface area contributed by atoms with Crippen LogP contribution in [-0.2, 0) is 10.0 Å². The molecular weight excluding hydrogens is 256 g/mol. The van der Waals surface area contributed by atoms with Crippen LogP contribution in [0.5, 0.6) is 0 Å². The molecule has 0 amide bonds. The largest absolute Gasteiger partial charge is 0.337 e. The maximum atomic E-state index is 12.1. The van der Waals surface area contributed by atoms with E-state index in [1.807, 2.05) is 6.07 Å². The average molecular weight is 268 g/mol. The Hall–Kier alpha value is -1.27. The van der Waals surface area contributed by atoms with Crippen molar-refractivity contribution in [2.75, 3.05) is 6.26 Å². The Labute approximate surface area is 105 Å². The van der Waals surface area contributed by atoms with E-state index in [9.17, 15) is 8.42 Å². The molecule has 1 heterocycles. The molecule has 0 saturated heterocycles. The second kappa shape index (κ2) is 4.54. The van der Waals surface area contributed by atoms with E-state index in [0.29, 0.717) is 16.4 Å². The average Bonchev–Trinajstić information content (AvgIpc) is 2.28. The molecule has 1 aliphatic rings. The number of hydrogen-bond donors (Lipinski definition) is 1. The number of sulfonamides is 1. The quantitative estimate of drug-likeness (QED) is 0.846. The molecular formula is C11H12N2O2S2. The first-order valence-corrected chi connectivity index (χ1v) is 7.63. The van der Waals surface area contributed by atoms with Crippen LogP contribution in [0.1, 0.15) is 12.5 Å². The van der Waals surface area contributed by atoms with Crippen LogP contribution < -0.4 is 5.32 Å². The minimum absolute atomic E-state index is 0.246. The molecule has 0 atom stereocenters. The highest BCUT2D eigenvalue weighted by Gasteiger charge is 2.26. The van der Waals surface area contributed by atoms with Gasteiger partial charge in [-0.2, -0.15) is 8.42 Å². The first kappa shape index (κ1) is 12.2. The number of thioether (sulfide) groups is 1. The van der Waals surface area contributed by atoms with Crippen LogP contribution in [0.4, 0.5) is 0 Å². The Morgan fingerprint density at radius 3 is 2.41 bits per heavy atom. The van der Waals surface area contributed by atoms with Gasteiger partial charge >= 0.3 is 0 Å². The van der Waals surface area contributed by atoms with Gasteiger partial charge in [0.05, 0.1) is 0 Å². The van der Waals surface area contributed by atoms with Crippen LogP contribution in [0.3, 0.4) is 0 Å². The summed E-state index contributed by atoms with van der Waals surface area (Å²) in [7, 11) is -3.60. The molecule has 0 bridgehead atoms. The number of rotatable bonds is 1. The molecule has 0 unspecified atom stereocenters. The van der Waals surface area contributed by atoms with Gasteiger partial charge in [-0.15, -0.1) is 4.40 Å². The SMILES string of the molecule is CSC1=NS(=O)(=O)C(c2ccccc2)=C(C)N1. The Bertz CT molecular complexity index is 589. The van der Waals surface area contributed by atoms with E-state index in [4.69, 9.17) is 0 Å².